The molecule has 1 heterocycles. The molecule has 2 aromatic rings. The van der Waals surface area contributed by atoms with E-state index in [1.807, 2.05) is 17.6 Å². The van der Waals surface area contributed by atoms with Gasteiger partial charge in [0.1, 0.15) is 0 Å². The van der Waals surface area contributed by atoms with E-state index >= 15 is 0 Å². The molecule has 8 heteroatoms. The highest BCUT2D eigenvalue weighted by Gasteiger charge is 2.29. The number of halogens is 1. The van der Waals surface area contributed by atoms with Gasteiger partial charge in [0, 0.05) is 16.8 Å². The van der Waals surface area contributed by atoms with Gasteiger partial charge in [-0.15, -0.1) is 10.2 Å². The minimum absolute atomic E-state index is 0.112. The zero-order valence-corrected chi connectivity index (χ0v) is 13.6. The number of hydrogen-bond acceptors (Lipinski definition) is 5. The zero-order chi connectivity index (χ0) is 15.7. The molecule has 1 fully saturated rings. The van der Waals surface area contributed by atoms with Gasteiger partial charge < -0.3 is 11.1 Å². The number of nitrogens with one attached hydrogen (secondary N) is 1. The molecule has 1 aliphatic carbocycles. The van der Waals surface area contributed by atoms with Crippen molar-refractivity contribution in [3.63, 3.8) is 0 Å². The van der Waals surface area contributed by atoms with E-state index in [4.69, 9.17) is 17.3 Å². The Bertz CT molecular complexity index is 713. The minimum Gasteiger partial charge on any atom is -0.368 e. The summed E-state index contributed by atoms with van der Waals surface area (Å²) < 4.78 is 1.91. The molecule has 0 radical (unpaired) electrons. The lowest BCUT2D eigenvalue weighted by Gasteiger charge is -2.09. The lowest BCUT2D eigenvalue weighted by molar-refractivity contribution is -0.113. The molecule has 1 aromatic carbocycles. The molecular formula is C14H16ClN5OS. The van der Waals surface area contributed by atoms with Gasteiger partial charge in [-0.25, -0.2) is 0 Å². The fourth-order valence-corrected chi connectivity index (χ4v) is 3.09. The second-order valence-corrected chi connectivity index (χ2v) is 6.62. The second kappa shape index (κ2) is 6.18. The first kappa shape index (κ1) is 15.2. The second-order valence-electron chi connectivity index (χ2n) is 5.24. The van der Waals surface area contributed by atoms with Crippen molar-refractivity contribution in [3.05, 3.63) is 28.8 Å². The highest BCUT2D eigenvalue weighted by Crippen LogP contribution is 2.39. The molecule has 6 nitrogen and oxygen atoms in total. The molecule has 116 valence electrons. The number of rotatable bonds is 5. The Hall–Kier alpha value is -1.73. The molecule has 0 saturated heterocycles. The summed E-state index contributed by atoms with van der Waals surface area (Å²) in [5.74, 6) is 0.548. The molecule has 1 aliphatic rings. The van der Waals surface area contributed by atoms with Crippen LogP contribution in [0.5, 0.6) is 0 Å². The van der Waals surface area contributed by atoms with Gasteiger partial charge in [0.15, 0.2) is 5.16 Å². The molecule has 1 amide bonds. The molecule has 1 aromatic heterocycles. The number of carbonyl (C=O) groups excluding carboxylic acids is 1. The maximum absolute atomic E-state index is 12.1. The number of carbonyl (C=O) groups is 1. The number of thioether (sulfide) groups is 1. The van der Waals surface area contributed by atoms with Crippen LogP contribution in [0.25, 0.3) is 0 Å². The molecule has 0 bridgehead atoms. The minimum atomic E-state index is -0.112. The van der Waals surface area contributed by atoms with Gasteiger partial charge >= 0.3 is 0 Å². The Kier molecular flexibility index (Phi) is 4.26. The van der Waals surface area contributed by atoms with E-state index in [1.165, 1.54) is 11.8 Å². The van der Waals surface area contributed by atoms with Gasteiger partial charge in [-0.2, -0.15) is 0 Å². The Labute approximate surface area is 137 Å². The number of nitrogens with zero attached hydrogens (tertiary/aromatic N) is 3. The first-order valence-electron chi connectivity index (χ1n) is 6.94. The predicted octanol–water partition coefficient (Wildman–Crippen LogP) is 2.89. The van der Waals surface area contributed by atoms with Crippen LogP contribution in [0.4, 0.5) is 11.6 Å². The highest BCUT2D eigenvalue weighted by atomic mass is 35.5. The first-order chi connectivity index (χ1) is 10.5. The van der Waals surface area contributed by atoms with Gasteiger partial charge in [0.2, 0.25) is 11.9 Å². The molecule has 0 unspecified atom stereocenters. The average molecular weight is 338 g/mol. The van der Waals surface area contributed by atoms with Crippen LogP contribution >= 0.6 is 23.4 Å². The fraction of sp³-hybridized carbons (Fsp3) is 0.357. The van der Waals surface area contributed by atoms with E-state index in [0.717, 1.165) is 24.1 Å². The topological polar surface area (TPSA) is 85.8 Å². The number of amides is 1. The van der Waals surface area contributed by atoms with Crippen molar-refractivity contribution in [1.29, 1.82) is 0 Å². The number of hydrogen-bond donors (Lipinski definition) is 2. The maximum atomic E-state index is 12.1. The third-order valence-electron chi connectivity index (χ3n) is 3.41. The van der Waals surface area contributed by atoms with Crippen LogP contribution in [0.15, 0.2) is 23.4 Å². The van der Waals surface area contributed by atoms with Gasteiger partial charge in [0.25, 0.3) is 0 Å². The average Bonchev–Trinajstić information content (AvgIpc) is 3.24. The highest BCUT2D eigenvalue weighted by molar-refractivity contribution is 7.99. The predicted molar refractivity (Wildman–Crippen MR) is 88.2 cm³/mol. The fourth-order valence-electron chi connectivity index (χ4n) is 2.11. The monoisotopic (exact) mass is 337 g/mol. The summed E-state index contributed by atoms with van der Waals surface area (Å²) >= 11 is 7.28. The third kappa shape index (κ3) is 3.36. The van der Waals surface area contributed by atoms with E-state index in [9.17, 15) is 4.79 Å². The Balaban J connectivity index is 1.62. The summed E-state index contributed by atoms with van der Waals surface area (Å²) in [6.07, 6.45) is 2.17. The lowest BCUT2D eigenvalue weighted by Crippen LogP contribution is -2.15. The number of nitrogens with two attached hydrogens (primary N) is 1. The van der Waals surface area contributed by atoms with E-state index < -0.39 is 0 Å². The van der Waals surface area contributed by atoms with Crippen molar-refractivity contribution in [1.82, 2.24) is 14.8 Å². The Morgan fingerprint density at radius 3 is 3.00 bits per heavy atom. The summed E-state index contributed by atoms with van der Waals surface area (Å²) in [7, 11) is 0. The van der Waals surface area contributed by atoms with E-state index in [-0.39, 0.29) is 11.7 Å². The number of aromatic nitrogens is 3. The molecule has 3 N–H and O–H groups in total. The SMILES string of the molecule is Cc1ccc(Cl)cc1NC(=O)CSc1nnc(N)n1C1CC1. The van der Waals surface area contributed by atoms with Gasteiger partial charge in [-0.05, 0) is 37.5 Å². The Morgan fingerprint density at radius 1 is 1.50 bits per heavy atom. The molecule has 22 heavy (non-hydrogen) atoms. The molecule has 3 rings (SSSR count). The van der Waals surface area contributed by atoms with Crippen molar-refractivity contribution in [2.45, 2.75) is 31.0 Å². The van der Waals surface area contributed by atoms with Crippen LogP contribution in [-0.2, 0) is 4.79 Å². The van der Waals surface area contributed by atoms with Crippen LogP contribution in [0.1, 0.15) is 24.4 Å². The van der Waals surface area contributed by atoms with Crippen molar-refractivity contribution < 1.29 is 4.79 Å². The maximum Gasteiger partial charge on any atom is 0.234 e. The van der Waals surface area contributed by atoms with Crippen molar-refractivity contribution in [3.8, 4) is 0 Å². The zero-order valence-electron chi connectivity index (χ0n) is 12.0. The summed E-state index contributed by atoms with van der Waals surface area (Å²) in [4.78, 5) is 12.1. The van der Waals surface area contributed by atoms with Gasteiger partial charge in [-0.3, -0.25) is 9.36 Å². The van der Waals surface area contributed by atoms with Crippen LogP contribution in [0, 0.1) is 6.92 Å². The summed E-state index contributed by atoms with van der Waals surface area (Å²) in [6, 6.07) is 5.79. The molecule has 0 atom stereocenters. The number of anilines is 2. The smallest absolute Gasteiger partial charge is 0.234 e. The molecule has 0 spiro atoms. The van der Waals surface area contributed by atoms with E-state index in [1.54, 1.807) is 12.1 Å². The van der Waals surface area contributed by atoms with Crippen LogP contribution in [0.2, 0.25) is 5.02 Å². The van der Waals surface area contributed by atoms with Crippen molar-refractivity contribution >= 4 is 40.9 Å². The molecular weight excluding hydrogens is 322 g/mol. The first-order valence-corrected chi connectivity index (χ1v) is 8.30. The molecule has 1 saturated carbocycles. The van der Waals surface area contributed by atoms with Crippen molar-refractivity contribution in [2.75, 3.05) is 16.8 Å². The quantitative estimate of drug-likeness (QED) is 0.819. The lowest BCUT2D eigenvalue weighted by atomic mass is 10.2. The summed E-state index contributed by atoms with van der Waals surface area (Å²) in [5, 5.41) is 12.1. The Morgan fingerprint density at radius 2 is 2.27 bits per heavy atom. The standard InChI is InChI=1S/C14H16ClN5OS/c1-8-2-3-9(15)6-11(8)17-12(21)7-22-14-19-18-13(16)20(14)10-4-5-10/h2-3,6,10H,4-5,7H2,1H3,(H2,16,18)(H,17,21). The van der Waals surface area contributed by atoms with E-state index in [0.29, 0.717) is 22.2 Å². The normalized spacial score (nSPS) is 14.1. The largest absolute Gasteiger partial charge is 0.368 e. The van der Waals surface area contributed by atoms with Crippen molar-refractivity contribution in [2.24, 2.45) is 0 Å². The number of aryl methyl sites for hydroxylation is 1. The molecule has 0 aliphatic heterocycles. The van der Waals surface area contributed by atoms with Gasteiger partial charge in [-0.1, -0.05) is 29.4 Å². The summed E-state index contributed by atoms with van der Waals surface area (Å²) in [5.41, 5.74) is 7.50. The number of benzene rings is 1. The van der Waals surface area contributed by atoms with Gasteiger partial charge in [0.05, 0.1) is 5.75 Å². The third-order valence-corrected chi connectivity index (χ3v) is 4.59. The van der Waals surface area contributed by atoms with E-state index in [2.05, 4.69) is 15.5 Å². The van der Waals surface area contributed by atoms with Crippen LogP contribution < -0.4 is 11.1 Å². The van der Waals surface area contributed by atoms with Crippen LogP contribution in [-0.4, -0.2) is 26.4 Å². The summed E-state index contributed by atoms with van der Waals surface area (Å²) in [6.45, 7) is 1.92. The number of nitrogen functional groups attached to an aromatic ring is 1. The van der Waals surface area contributed by atoms with Crippen LogP contribution in [0.3, 0.4) is 0 Å².